The molecule has 0 bridgehead atoms. The molecule has 2 rings (SSSR count). The molecule has 3 N–H and O–H groups in total. The van der Waals surface area contributed by atoms with Crippen LogP contribution in [0.25, 0.3) is 0 Å². The fourth-order valence-electron chi connectivity index (χ4n) is 1.82. The van der Waals surface area contributed by atoms with Crippen LogP contribution < -0.4 is 15.8 Å². The molecular formula is C12H16N2O2. The summed E-state index contributed by atoms with van der Waals surface area (Å²) in [5.74, 6) is 0.506. The number of ether oxygens (including phenoxy) is 1. The summed E-state index contributed by atoms with van der Waals surface area (Å²) in [7, 11) is 0. The Kier molecular flexibility index (Phi) is 2.73. The normalized spacial score (nSPS) is 18.6. The van der Waals surface area contributed by atoms with E-state index in [-0.39, 0.29) is 5.91 Å². The molecule has 4 nitrogen and oxygen atoms in total. The fraction of sp³-hybridized carbons (Fsp3) is 0.417. The number of fused-ring (bicyclic) bond motifs is 1. The number of anilines is 2. The molecular weight excluding hydrogens is 204 g/mol. The van der Waals surface area contributed by atoms with Crippen molar-refractivity contribution < 1.29 is 9.53 Å². The minimum Gasteiger partial charge on any atom is -0.476 e. The van der Waals surface area contributed by atoms with Crippen LogP contribution in [0.1, 0.15) is 25.8 Å². The van der Waals surface area contributed by atoms with Gasteiger partial charge in [-0.2, -0.15) is 0 Å². The van der Waals surface area contributed by atoms with E-state index in [2.05, 4.69) is 5.32 Å². The number of nitrogen functional groups attached to an aromatic ring is 1. The van der Waals surface area contributed by atoms with Crippen LogP contribution in [0.2, 0.25) is 0 Å². The number of nitrogens with one attached hydrogen (secondary N) is 1. The van der Waals surface area contributed by atoms with Crippen LogP contribution >= 0.6 is 0 Å². The van der Waals surface area contributed by atoms with E-state index in [0.29, 0.717) is 23.5 Å². The third kappa shape index (κ3) is 1.71. The summed E-state index contributed by atoms with van der Waals surface area (Å²) >= 11 is 0. The molecule has 4 heteroatoms. The Morgan fingerprint density at radius 1 is 1.44 bits per heavy atom. The Labute approximate surface area is 94.8 Å². The number of hydrogen-bond acceptors (Lipinski definition) is 3. The highest BCUT2D eigenvalue weighted by molar-refractivity contribution is 5.99. The molecule has 0 fully saturated rings. The Morgan fingerprint density at radius 2 is 2.19 bits per heavy atom. The molecule has 1 aliphatic rings. The molecule has 0 saturated heterocycles. The van der Waals surface area contributed by atoms with E-state index >= 15 is 0 Å². The van der Waals surface area contributed by atoms with Gasteiger partial charge in [0.05, 0.1) is 11.4 Å². The SMILES string of the molecule is CCc1cc(N)c2c(c1)NC(=O)C(CC)O2. The summed E-state index contributed by atoms with van der Waals surface area (Å²) in [4.78, 5) is 11.6. The van der Waals surface area contributed by atoms with Gasteiger partial charge in [0.15, 0.2) is 11.9 Å². The van der Waals surface area contributed by atoms with Gasteiger partial charge in [0, 0.05) is 0 Å². The lowest BCUT2D eigenvalue weighted by molar-refractivity contribution is -0.123. The number of nitrogens with two attached hydrogens (primary N) is 1. The number of rotatable bonds is 2. The number of hydrogen-bond donors (Lipinski definition) is 2. The van der Waals surface area contributed by atoms with E-state index < -0.39 is 6.10 Å². The quantitative estimate of drug-likeness (QED) is 0.748. The van der Waals surface area contributed by atoms with Crippen molar-refractivity contribution in [2.45, 2.75) is 32.8 Å². The Bertz CT molecular complexity index is 429. The zero-order chi connectivity index (χ0) is 11.7. The van der Waals surface area contributed by atoms with Crippen molar-refractivity contribution in [2.75, 3.05) is 11.1 Å². The first-order chi connectivity index (χ1) is 7.65. The molecule has 0 spiro atoms. The lowest BCUT2D eigenvalue weighted by Crippen LogP contribution is -2.36. The Balaban J connectivity index is 2.42. The highest BCUT2D eigenvalue weighted by atomic mass is 16.5. The Hall–Kier alpha value is -1.71. The first-order valence-electron chi connectivity index (χ1n) is 5.55. The second-order valence-electron chi connectivity index (χ2n) is 3.92. The van der Waals surface area contributed by atoms with Crippen LogP contribution in [0.3, 0.4) is 0 Å². The highest BCUT2D eigenvalue weighted by Crippen LogP contribution is 2.37. The van der Waals surface area contributed by atoms with Crippen LogP contribution in [0.5, 0.6) is 5.75 Å². The van der Waals surface area contributed by atoms with E-state index in [4.69, 9.17) is 10.5 Å². The summed E-state index contributed by atoms with van der Waals surface area (Å²) in [6.45, 7) is 3.95. The number of amides is 1. The molecule has 16 heavy (non-hydrogen) atoms. The zero-order valence-corrected chi connectivity index (χ0v) is 9.54. The van der Waals surface area contributed by atoms with Crippen molar-refractivity contribution in [3.63, 3.8) is 0 Å². The largest absolute Gasteiger partial charge is 0.476 e. The molecule has 1 unspecified atom stereocenters. The van der Waals surface area contributed by atoms with Crippen LogP contribution in [0.4, 0.5) is 11.4 Å². The summed E-state index contributed by atoms with van der Waals surface area (Å²) in [6.07, 6.45) is 1.09. The smallest absolute Gasteiger partial charge is 0.265 e. The second kappa shape index (κ2) is 4.04. The van der Waals surface area contributed by atoms with E-state index in [1.807, 2.05) is 26.0 Å². The molecule has 1 aromatic carbocycles. The van der Waals surface area contributed by atoms with Gasteiger partial charge in [-0.1, -0.05) is 13.8 Å². The molecule has 1 aliphatic heterocycles. The van der Waals surface area contributed by atoms with Gasteiger partial charge in [0.25, 0.3) is 5.91 Å². The number of carbonyl (C=O) groups excluding carboxylic acids is 1. The van der Waals surface area contributed by atoms with Crippen molar-refractivity contribution in [3.8, 4) is 5.75 Å². The average molecular weight is 220 g/mol. The van der Waals surface area contributed by atoms with Crippen LogP contribution in [0.15, 0.2) is 12.1 Å². The molecule has 1 atom stereocenters. The number of aryl methyl sites for hydroxylation is 1. The number of benzene rings is 1. The maximum atomic E-state index is 11.6. The minimum absolute atomic E-state index is 0.0948. The summed E-state index contributed by atoms with van der Waals surface area (Å²) in [6, 6.07) is 3.80. The number of carbonyl (C=O) groups is 1. The summed E-state index contributed by atoms with van der Waals surface area (Å²) < 4.78 is 5.59. The third-order valence-corrected chi connectivity index (χ3v) is 2.77. The standard InChI is InChI=1S/C12H16N2O2/c1-3-7-5-8(13)11-9(6-7)14-12(15)10(4-2)16-11/h5-6,10H,3-4,13H2,1-2H3,(H,14,15). The molecule has 0 aromatic heterocycles. The van der Waals surface area contributed by atoms with Gasteiger partial charge in [-0.25, -0.2) is 0 Å². The second-order valence-corrected chi connectivity index (χ2v) is 3.92. The minimum atomic E-state index is -0.428. The van der Waals surface area contributed by atoms with Crippen LogP contribution in [0, 0.1) is 0 Å². The molecule has 0 saturated carbocycles. The predicted octanol–water partition coefficient (Wildman–Crippen LogP) is 1.94. The van der Waals surface area contributed by atoms with Gasteiger partial charge < -0.3 is 15.8 Å². The maximum absolute atomic E-state index is 11.6. The molecule has 1 heterocycles. The molecule has 86 valence electrons. The van der Waals surface area contributed by atoms with Gasteiger partial charge in [0.1, 0.15) is 0 Å². The van der Waals surface area contributed by atoms with E-state index in [1.165, 1.54) is 0 Å². The van der Waals surface area contributed by atoms with Gasteiger partial charge in [-0.05, 0) is 30.5 Å². The van der Waals surface area contributed by atoms with E-state index in [9.17, 15) is 4.79 Å². The lowest BCUT2D eigenvalue weighted by atomic mass is 10.1. The van der Waals surface area contributed by atoms with Crippen molar-refractivity contribution in [3.05, 3.63) is 17.7 Å². The lowest BCUT2D eigenvalue weighted by Gasteiger charge is -2.26. The topological polar surface area (TPSA) is 64.3 Å². The van der Waals surface area contributed by atoms with Gasteiger partial charge in [0.2, 0.25) is 0 Å². The summed E-state index contributed by atoms with van der Waals surface area (Å²) in [5.41, 5.74) is 8.27. The highest BCUT2D eigenvalue weighted by Gasteiger charge is 2.27. The summed E-state index contributed by atoms with van der Waals surface area (Å²) in [5, 5.41) is 2.83. The molecule has 1 amide bonds. The molecule has 0 aliphatic carbocycles. The average Bonchev–Trinajstić information content (AvgIpc) is 2.28. The van der Waals surface area contributed by atoms with Crippen molar-refractivity contribution >= 4 is 17.3 Å². The predicted molar refractivity (Wildman–Crippen MR) is 63.6 cm³/mol. The Morgan fingerprint density at radius 3 is 2.81 bits per heavy atom. The van der Waals surface area contributed by atoms with E-state index in [1.54, 1.807) is 0 Å². The zero-order valence-electron chi connectivity index (χ0n) is 9.54. The first kappa shape index (κ1) is 10.8. The van der Waals surface area contributed by atoms with Crippen molar-refractivity contribution in [1.29, 1.82) is 0 Å². The van der Waals surface area contributed by atoms with Crippen LogP contribution in [-0.2, 0) is 11.2 Å². The van der Waals surface area contributed by atoms with E-state index in [0.717, 1.165) is 12.0 Å². The molecule has 1 aromatic rings. The monoisotopic (exact) mass is 220 g/mol. The van der Waals surface area contributed by atoms with Gasteiger partial charge in [-0.15, -0.1) is 0 Å². The maximum Gasteiger partial charge on any atom is 0.265 e. The first-order valence-corrected chi connectivity index (χ1v) is 5.55. The van der Waals surface area contributed by atoms with Gasteiger partial charge in [-0.3, -0.25) is 4.79 Å². The van der Waals surface area contributed by atoms with Crippen LogP contribution in [-0.4, -0.2) is 12.0 Å². The fourth-order valence-corrected chi connectivity index (χ4v) is 1.82. The third-order valence-electron chi connectivity index (χ3n) is 2.77. The van der Waals surface area contributed by atoms with Crippen molar-refractivity contribution in [2.24, 2.45) is 0 Å². The van der Waals surface area contributed by atoms with Crippen molar-refractivity contribution in [1.82, 2.24) is 0 Å². The molecule has 0 radical (unpaired) electrons. The van der Waals surface area contributed by atoms with Gasteiger partial charge >= 0.3 is 0 Å².